The van der Waals surface area contributed by atoms with E-state index in [-0.39, 0.29) is 5.65 Å². The molecule has 5 nitrogen and oxygen atoms in total. The summed E-state index contributed by atoms with van der Waals surface area (Å²) < 4.78 is 53.1. The molecule has 0 bridgehead atoms. The normalized spacial score (nSPS) is 12.9. The van der Waals surface area contributed by atoms with Crippen molar-refractivity contribution in [3.05, 3.63) is 60.8 Å². The lowest BCUT2D eigenvalue weighted by atomic mass is 10.1. The Hall–Kier alpha value is -2.72. The molecule has 0 aliphatic heterocycles. The number of pyridine rings is 1. The summed E-state index contributed by atoms with van der Waals surface area (Å²) in [6, 6.07) is 10.6. The van der Waals surface area contributed by atoms with E-state index in [4.69, 9.17) is 0 Å². The van der Waals surface area contributed by atoms with Gasteiger partial charge in [-0.15, -0.1) is 11.8 Å². The number of rotatable bonds is 5. The highest BCUT2D eigenvalue weighted by Gasteiger charge is 2.33. The monoisotopic (exact) mass is 462 g/mol. The quantitative estimate of drug-likeness (QED) is 0.376. The van der Waals surface area contributed by atoms with Crippen molar-refractivity contribution in [3.63, 3.8) is 0 Å². The smallest absolute Gasteiger partial charge is 0.290 e. The number of benzene rings is 1. The molecule has 0 saturated carbocycles. The van der Waals surface area contributed by atoms with Gasteiger partial charge in [-0.05, 0) is 30.0 Å². The number of nitrogens with zero attached hydrogens (tertiary/aromatic N) is 4. The van der Waals surface area contributed by atoms with Gasteiger partial charge in [-0.25, -0.2) is 9.97 Å². The van der Waals surface area contributed by atoms with Gasteiger partial charge in [0, 0.05) is 34.7 Å². The first kappa shape index (κ1) is 21.5. The summed E-state index contributed by atoms with van der Waals surface area (Å²) in [7, 11) is -1.35. The summed E-state index contributed by atoms with van der Waals surface area (Å²) in [5.41, 5.74) is 1.52. The third-order valence-electron chi connectivity index (χ3n) is 4.64. The molecule has 4 rings (SSSR count). The highest BCUT2D eigenvalue weighted by molar-refractivity contribution is 7.98. The van der Waals surface area contributed by atoms with Crippen LogP contribution in [0.5, 0.6) is 0 Å². The fourth-order valence-corrected chi connectivity index (χ4v) is 4.49. The fraction of sp³-hybridized carbons (Fsp3) is 0.190. The number of alkyl halides is 3. The van der Waals surface area contributed by atoms with Crippen molar-refractivity contribution in [3.8, 4) is 22.5 Å². The zero-order chi connectivity index (χ0) is 22.2. The van der Waals surface area contributed by atoms with Gasteiger partial charge in [0.25, 0.3) is 0 Å². The first-order valence-corrected chi connectivity index (χ1v) is 11.8. The second kappa shape index (κ2) is 8.43. The van der Waals surface area contributed by atoms with Crippen molar-refractivity contribution < 1.29 is 17.4 Å². The number of halogens is 3. The van der Waals surface area contributed by atoms with E-state index in [0.717, 1.165) is 28.4 Å². The van der Waals surface area contributed by atoms with Gasteiger partial charge in [0.2, 0.25) is 0 Å². The fourth-order valence-electron chi connectivity index (χ4n) is 3.09. The Labute approximate surface area is 183 Å². The lowest BCUT2D eigenvalue weighted by Gasteiger charge is -2.09. The second-order valence-corrected chi connectivity index (χ2v) is 9.19. The Bertz CT molecular complexity index is 1290. The molecule has 0 saturated heterocycles. The van der Waals surface area contributed by atoms with Crippen LogP contribution in [-0.4, -0.2) is 35.6 Å². The maximum absolute atomic E-state index is 13.0. The minimum Gasteiger partial charge on any atom is -0.290 e. The molecule has 0 aliphatic carbocycles. The number of hydrogen-bond acceptors (Lipinski definition) is 5. The third kappa shape index (κ3) is 4.35. The molecule has 4 aromatic rings. The number of aromatic nitrogens is 4. The van der Waals surface area contributed by atoms with E-state index in [1.54, 1.807) is 24.9 Å². The van der Waals surface area contributed by atoms with Crippen molar-refractivity contribution in [1.82, 2.24) is 19.4 Å². The predicted molar refractivity (Wildman–Crippen MR) is 115 cm³/mol. The van der Waals surface area contributed by atoms with Crippen LogP contribution in [0.25, 0.3) is 28.2 Å². The molecule has 1 atom stereocenters. The van der Waals surface area contributed by atoms with Crippen molar-refractivity contribution in [1.29, 1.82) is 0 Å². The summed E-state index contributed by atoms with van der Waals surface area (Å²) in [5.74, 6) is 0.371. The van der Waals surface area contributed by atoms with Crippen LogP contribution in [0, 0.1) is 0 Å². The van der Waals surface area contributed by atoms with Gasteiger partial charge < -0.3 is 0 Å². The maximum Gasteiger partial charge on any atom is 0.433 e. The Kier molecular flexibility index (Phi) is 5.85. The minimum absolute atomic E-state index is 0.0871. The standard InChI is InChI=1S/C21H17F3N4OS2/c1-3-31(29)17-8-14(13-5-4-6-15(7-13)30-2)10-25-20(17)16-11-28-12-26-18(21(22,23)24)9-19(28)27-16/h4-12H,3H2,1-2H3. The predicted octanol–water partition coefficient (Wildman–Crippen LogP) is 5.33. The van der Waals surface area contributed by atoms with Crippen LogP contribution < -0.4 is 0 Å². The lowest BCUT2D eigenvalue weighted by molar-refractivity contribution is -0.141. The molecular formula is C21H17F3N4OS2. The zero-order valence-electron chi connectivity index (χ0n) is 16.6. The number of fused-ring (bicyclic) bond motifs is 1. The van der Waals surface area contributed by atoms with Crippen LogP contribution >= 0.6 is 11.8 Å². The molecule has 10 heteroatoms. The summed E-state index contributed by atoms with van der Waals surface area (Å²) >= 11 is 1.62. The van der Waals surface area contributed by atoms with Gasteiger partial charge in [-0.3, -0.25) is 13.6 Å². The number of thioether (sulfide) groups is 1. The molecule has 3 aromatic heterocycles. The molecule has 0 radical (unpaired) electrons. The van der Waals surface area contributed by atoms with Gasteiger partial charge in [-0.2, -0.15) is 13.2 Å². The van der Waals surface area contributed by atoms with E-state index in [9.17, 15) is 17.4 Å². The second-order valence-electron chi connectivity index (χ2n) is 6.60. The highest BCUT2D eigenvalue weighted by atomic mass is 32.2. The number of hydrogen-bond donors (Lipinski definition) is 0. The van der Waals surface area contributed by atoms with Crippen LogP contribution in [0.1, 0.15) is 12.6 Å². The molecule has 0 amide bonds. The lowest BCUT2D eigenvalue weighted by Crippen LogP contribution is -2.08. The molecule has 0 N–H and O–H groups in total. The highest BCUT2D eigenvalue weighted by Crippen LogP contribution is 2.32. The van der Waals surface area contributed by atoms with Crippen molar-refractivity contribution in [2.45, 2.75) is 22.9 Å². The third-order valence-corrected chi connectivity index (χ3v) is 6.70. The first-order valence-electron chi connectivity index (χ1n) is 9.25. The van der Waals surface area contributed by atoms with Gasteiger partial charge in [-0.1, -0.05) is 19.1 Å². The van der Waals surface area contributed by atoms with Crippen molar-refractivity contribution >= 4 is 28.2 Å². The minimum atomic E-state index is -4.56. The van der Waals surface area contributed by atoms with E-state index >= 15 is 0 Å². The van der Waals surface area contributed by atoms with Crippen LogP contribution in [0.2, 0.25) is 0 Å². The van der Waals surface area contributed by atoms with E-state index in [1.165, 1.54) is 10.6 Å². The Morgan fingerprint density at radius 2 is 1.94 bits per heavy atom. The van der Waals surface area contributed by atoms with Gasteiger partial charge in [0.1, 0.15) is 29.1 Å². The molecule has 0 spiro atoms. The van der Waals surface area contributed by atoms with Gasteiger partial charge in [0.05, 0.1) is 15.7 Å². The molecular weight excluding hydrogens is 445 g/mol. The Morgan fingerprint density at radius 1 is 1.13 bits per heavy atom. The molecule has 0 fully saturated rings. The molecule has 1 unspecified atom stereocenters. The van der Waals surface area contributed by atoms with E-state index < -0.39 is 22.7 Å². The van der Waals surface area contributed by atoms with E-state index in [0.29, 0.717) is 22.0 Å². The topological polar surface area (TPSA) is 60.2 Å². The van der Waals surface area contributed by atoms with Gasteiger partial charge >= 0.3 is 6.18 Å². The van der Waals surface area contributed by atoms with Crippen LogP contribution in [0.4, 0.5) is 13.2 Å². The Morgan fingerprint density at radius 3 is 2.65 bits per heavy atom. The molecule has 3 heterocycles. The molecule has 1 aromatic carbocycles. The summed E-state index contributed by atoms with van der Waals surface area (Å²) in [5, 5.41) is 0. The molecule has 31 heavy (non-hydrogen) atoms. The molecule has 160 valence electrons. The van der Waals surface area contributed by atoms with Crippen molar-refractivity contribution in [2.75, 3.05) is 12.0 Å². The largest absolute Gasteiger partial charge is 0.433 e. The summed E-state index contributed by atoms with van der Waals surface area (Å²) in [4.78, 5) is 13.8. The average molecular weight is 463 g/mol. The summed E-state index contributed by atoms with van der Waals surface area (Å²) in [6.07, 6.45) is 1.69. The van der Waals surface area contributed by atoms with E-state index in [1.807, 2.05) is 36.6 Å². The number of imidazole rings is 1. The van der Waals surface area contributed by atoms with Crippen LogP contribution in [0.15, 0.2) is 64.9 Å². The first-order chi connectivity index (χ1) is 14.8. The van der Waals surface area contributed by atoms with Crippen molar-refractivity contribution in [2.24, 2.45) is 0 Å². The summed E-state index contributed by atoms with van der Waals surface area (Å²) in [6.45, 7) is 1.80. The maximum atomic E-state index is 13.0. The Balaban J connectivity index is 1.83. The van der Waals surface area contributed by atoms with Crippen LogP contribution in [0.3, 0.4) is 0 Å². The van der Waals surface area contributed by atoms with Crippen LogP contribution in [-0.2, 0) is 17.0 Å². The SMILES string of the molecule is CCS(=O)c1cc(-c2cccc(SC)c2)cnc1-c1cn2cnc(C(F)(F)F)cc2n1. The zero-order valence-corrected chi connectivity index (χ0v) is 18.2. The molecule has 0 aliphatic rings. The van der Waals surface area contributed by atoms with Gasteiger partial charge in [0.15, 0.2) is 0 Å². The van der Waals surface area contributed by atoms with E-state index in [2.05, 4.69) is 15.0 Å². The average Bonchev–Trinajstić information content (AvgIpc) is 3.21.